The van der Waals surface area contributed by atoms with Crippen molar-refractivity contribution in [1.29, 1.82) is 0 Å². The number of hydrogen-bond acceptors (Lipinski definition) is 6. The van der Waals surface area contributed by atoms with Crippen LogP contribution in [0.1, 0.15) is 19.3 Å². The molecule has 1 aromatic rings. The predicted molar refractivity (Wildman–Crippen MR) is 95.6 cm³/mol. The van der Waals surface area contributed by atoms with Crippen LogP contribution in [0.4, 0.5) is 14.5 Å². The third kappa shape index (κ3) is 5.29. The molecule has 10 heteroatoms. The fraction of sp³-hybridized carbons (Fsp3) is 0.556. The third-order valence-electron chi connectivity index (χ3n) is 4.85. The van der Waals surface area contributed by atoms with Crippen molar-refractivity contribution in [2.75, 3.05) is 38.5 Å². The summed E-state index contributed by atoms with van der Waals surface area (Å²) in [6.45, 7) is 1.57. The van der Waals surface area contributed by atoms with Gasteiger partial charge in [0.15, 0.2) is 11.5 Å². The molecule has 2 N–H and O–H groups in total. The minimum Gasteiger partial charge on any atom is -0.480 e. The van der Waals surface area contributed by atoms with Gasteiger partial charge in [-0.25, -0.2) is 0 Å². The van der Waals surface area contributed by atoms with Crippen molar-refractivity contribution in [2.45, 2.75) is 31.6 Å². The van der Waals surface area contributed by atoms with E-state index in [4.69, 9.17) is 5.11 Å². The molecule has 1 fully saturated rings. The second-order valence-electron chi connectivity index (χ2n) is 7.05. The standard InChI is InChI=1S/C18H23F2N3O5/c1-22(11-17(25)26)13-3-2-7-23(8-6-13)10-16(24)21-12-4-5-14-15(9-12)28-18(19,20)27-14/h4-5,9,13H,2-3,6-8,10-11H2,1H3,(H,21,24)(H,25,26). The number of amides is 1. The SMILES string of the molecule is CN(CC(=O)O)C1CCCN(CC(=O)Nc2ccc3c(c2)OC(F)(F)O3)CC1. The van der Waals surface area contributed by atoms with Gasteiger partial charge >= 0.3 is 12.3 Å². The van der Waals surface area contributed by atoms with Crippen LogP contribution in [0, 0.1) is 0 Å². The molecule has 1 atom stereocenters. The normalized spacial score (nSPS) is 21.4. The number of carboxylic acids is 1. The van der Waals surface area contributed by atoms with Crippen LogP contribution < -0.4 is 14.8 Å². The first-order chi connectivity index (χ1) is 13.2. The average Bonchev–Trinajstić information content (AvgIpc) is 2.74. The fourth-order valence-corrected chi connectivity index (χ4v) is 3.51. The van der Waals surface area contributed by atoms with Gasteiger partial charge in [0.25, 0.3) is 0 Å². The van der Waals surface area contributed by atoms with Crippen molar-refractivity contribution in [2.24, 2.45) is 0 Å². The minimum atomic E-state index is -3.69. The van der Waals surface area contributed by atoms with Gasteiger partial charge in [-0.2, -0.15) is 0 Å². The molecule has 0 bridgehead atoms. The Hall–Kier alpha value is -2.46. The van der Waals surface area contributed by atoms with Crippen molar-refractivity contribution in [3.8, 4) is 11.5 Å². The van der Waals surface area contributed by atoms with Crippen molar-refractivity contribution >= 4 is 17.6 Å². The lowest BCUT2D eigenvalue weighted by Gasteiger charge is -2.25. The van der Waals surface area contributed by atoms with Gasteiger partial charge in [-0.3, -0.25) is 19.4 Å². The summed E-state index contributed by atoms with van der Waals surface area (Å²) < 4.78 is 34.8. The molecule has 0 aliphatic carbocycles. The zero-order chi connectivity index (χ0) is 20.3. The summed E-state index contributed by atoms with van der Waals surface area (Å²) in [5.41, 5.74) is 0.346. The summed E-state index contributed by atoms with van der Waals surface area (Å²) in [4.78, 5) is 27.0. The lowest BCUT2D eigenvalue weighted by Crippen LogP contribution is -2.37. The molecule has 3 rings (SSSR count). The Labute approximate surface area is 161 Å². The van der Waals surface area contributed by atoms with Gasteiger partial charge in [0, 0.05) is 24.3 Å². The number of ether oxygens (including phenoxy) is 2. The van der Waals surface area contributed by atoms with E-state index in [1.54, 1.807) is 7.05 Å². The van der Waals surface area contributed by atoms with E-state index in [0.29, 0.717) is 12.2 Å². The summed E-state index contributed by atoms with van der Waals surface area (Å²) in [6, 6.07) is 4.26. The summed E-state index contributed by atoms with van der Waals surface area (Å²) in [6.07, 6.45) is -1.18. The number of carboxylic acid groups (broad SMARTS) is 1. The monoisotopic (exact) mass is 399 g/mol. The number of anilines is 1. The zero-order valence-corrected chi connectivity index (χ0v) is 15.5. The average molecular weight is 399 g/mol. The Balaban J connectivity index is 1.50. The lowest BCUT2D eigenvalue weighted by molar-refractivity contribution is -0.286. The molecule has 0 spiro atoms. The van der Waals surface area contributed by atoms with Gasteiger partial charge in [-0.05, 0) is 45.0 Å². The maximum absolute atomic E-state index is 13.1. The van der Waals surface area contributed by atoms with E-state index in [0.717, 1.165) is 25.8 Å². The maximum Gasteiger partial charge on any atom is 0.586 e. The molecule has 28 heavy (non-hydrogen) atoms. The quantitative estimate of drug-likeness (QED) is 0.754. The number of likely N-dealkylation sites (N-methyl/N-ethyl adjacent to an activating group) is 1. The molecule has 1 unspecified atom stereocenters. The first-order valence-corrected chi connectivity index (χ1v) is 9.06. The van der Waals surface area contributed by atoms with E-state index in [-0.39, 0.29) is 36.5 Å². The highest BCUT2D eigenvalue weighted by Crippen LogP contribution is 2.42. The van der Waals surface area contributed by atoms with Crippen LogP contribution in [0.5, 0.6) is 11.5 Å². The smallest absolute Gasteiger partial charge is 0.480 e. The molecule has 1 aromatic carbocycles. The zero-order valence-electron chi connectivity index (χ0n) is 15.5. The number of aliphatic carboxylic acids is 1. The highest BCUT2D eigenvalue weighted by Gasteiger charge is 2.43. The summed E-state index contributed by atoms with van der Waals surface area (Å²) in [7, 11) is 1.80. The molecule has 1 amide bonds. The summed E-state index contributed by atoms with van der Waals surface area (Å²) in [5, 5.41) is 11.6. The van der Waals surface area contributed by atoms with Gasteiger partial charge in [0.2, 0.25) is 5.91 Å². The van der Waals surface area contributed by atoms with E-state index in [1.807, 2.05) is 9.80 Å². The maximum atomic E-state index is 13.1. The van der Waals surface area contributed by atoms with Gasteiger partial charge in [0.05, 0.1) is 13.1 Å². The van der Waals surface area contributed by atoms with Crippen molar-refractivity contribution in [1.82, 2.24) is 9.80 Å². The lowest BCUT2D eigenvalue weighted by atomic mass is 10.1. The number of benzene rings is 1. The fourth-order valence-electron chi connectivity index (χ4n) is 3.51. The number of likely N-dealkylation sites (tertiary alicyclic amines) is 1. The molecule has 2 heterocycles. The predicted octanol–water partition coefficient (Wildman–Crippen LogP) is 1.82. The van der Waals surface area contributed by atoms with E-state index in [2.05, 4.69) is 14.8 Å². The Kier molecular flexibility index (Phi) is 5.99. The van der Waals surface area contributed by atoms with Crippen LogP contribution in [0.3, 0.4) is 0 Å². The van der Waals surface area contributed by atoms with E-state index >= 15 is 0 Å². The molecule has 0 saturated carbocycles. The summed E-state index contributed by atoms with van der Waals surface area (Å²) >= 11 is 0. The minimum absolute atomic E-state index is 0.00564. The summed E-state index contributed by atoms with van der Waals surface area (Å²) in [5.74, 6) is -1.32. The van der Waals surface area contributed by atoms with Crippen LogP contribution >= 0.6 is 0 Å². The van der Waals surface area contributed by atoms with E-state index in [9.17, 15) is 18.4 Å². The Morgan fingerprint density at radius 3 is 2.79 bits per heavy atom. The topological polar surface area (TPSA) is 91.3 Å². The molecule has 154 valence electrons. The highest BCUT2D eigenvalue weighted by molar-refractivity contribution is 5.92. The first kappa shape index (κ1) is 20.3. The molecule has 2 aliphatic rings. The number of halogens is 2. The molecule has 2 aliphatic heterocycles. The van der Waals surface area contributed by atoms with E-state index < -0.39 is 12.3 Å². The Bertz CT molecular complexity index is 746. The van der Waals surface area contributed by atoms with Gasteiger partial charge < -0.3 is 19.9 Å². The second kappa shape index (κ2) is 8.27. The molecular formula is C18H23F2N3O5. The van der Waals surface area contributed by atoms with Crippen LogP contribution in [-0.4, -0.2) is 72.3 Å². The third-order valence-corrected chi connectivity index (χ3v) is 4.85. The van der Waals surface area contributed by atoms with Crippen LogP contribution in [0.2, 0.25) is 0 Å². The van der Waals surface area contributed by atoms with Crippen molar-refractivity contribution < 1.29 is 33.0 Å². The molecule has 0 aromatic heterocycles. The molecule has 0 radical (unpaired) electrons. The Morgan fingerprint density at radius 2 is 2.04 bits per heavy atom. The Morgan fingerprint density at radius 1 is 1.29 bits per heavy atom. The largest absolute Gasteiger partial charge is 0.586 e. The van der Waals surface area contributed by atoms with Crippen LogP contribution in [0.25, 0.3) is 0 Å². The number of carbonyl (C=O) groups is 2. The second-order valence-corrected chi connectivity index (χ2v) is 7.05. The first-order valence-electron chi connectivity index (χ1n) is 9.06. The number of alkyl halides is 2. The number of nitrogens with zero attached hydrogens (tertiary/aromatic N) is 2. The molecule has 1 saturated heterocycles. The number of carbonyl (C=O) groups excluding carboxylic acids is 1. The van der Waals surface area contributed by atoms with Crippen LogP contribution in [-0.2, 0) is 9.59 Å². The number of nitrogens with one attached hydrogen (secondary N) is 1. The van der Waals surface area contributed by atoms with Gasteiger partial charge in [-0.15, -0.1) is 8.78 Å². The molecule has 8 nitrogen and oxygen atoms in total. The highest BCUT2D eigenvalue weighted by atomic mass is 19.3. The number of hydrogen-bond donors (Lipinski definition) is 2. The van der Waals surface area contributed by atoms with Gasteiger partial charge in [-0.1, -0.05) is 0 Å². The van der Waals surface area contributed by atoms with E-state index in [1.165, 1.54) is 18.2 Å². The number of rotatable bonds is 6. The van der Waals surface area contributed by atoms with Crippen LogP contribution in [0.15, 0.2) is 18.2 Å². The number of fused-ring (bicyclic) bond motifs is 1. The molecular weight excluding hydrogens is 376 g/mol. The van der Waals surface area contributed by atoms with Crippen molar-refractivity contribution in [3.05, 3.63) is 18.2 Å². The van der Waals surface area contributed by atoms with Gasteiger partial charge in [0.1, 0.15) is 0 Å². The van der Waals surface area contributed by atoms with Crippen molar-refractivity contribution in [3.63, 3.8) is 0 Å².